The Morgan fingerprint density at radius 1 is 1.22 bits per heavy atom. The van der Waals surface area contributed by atoms with E-state index in [2.05, 4.69) is 0 Å². The van der Waals surface area contributed by atoms with Crippen LogP contribution < -0.4 is 4.74 Å². The van der Waals surface area contributed by atoms with Gasteiger partial charge in [-0.25, -0.2) is 0 Å². The summed E-state index contributed by atoms with van der Waals surface area (Å²) in [4.78, 5) is 25.1. The number of ether oxygens (including phenoxy) is 1. The number of aryl methyl sites for hydroxylation is 1. The molecule has 3 rings (SSSR count). The summed E-state index contributed by atoms with van der Waals surface area (Å²) in [6.07, 6.45) is 1.80. The Bertz CT molecular complexity index is 865. The molecule has 6 heteroatoms. The number of carbonyl (C=O) groups is 2. The molecular formula is C21H22ClNO4. The normalized spacial score (nSPS) is 18.0. The van der Waals surface area contributed by atoms with E-state index in [-0.39, 0.29) is 18.9 Å². The zero-order chi connectivity index (χ0) is 19.6. The lowest BCUT2D eigenvalue weighted by Gasteiger charge is -2.32. The van der Waals surface area contributed by atoms with Crippen LogP contribution in [0.15, 0.2) is 42.5 Å². The molecule has 5 nitrogen and oxygen atoms in total. The molecule has 0 radical (unpaired) electrons. The fourth-order valence-electron chi connectivity index (χ4n) is 3.89. The molecule has 0 bridgehead atoms. The molecule has 0 heterocycles. The van der Waals surface area contributed by atoms with Gasteiger partial charge in [0.15, 0.2) is 0 Å². The van der Waals surface area contributed by atoms with Gasteiger partial charge in [-0.3, -0.25) is 9.59 Å². The van der Waals surface area contributed by atoms with Crippen molar-refractivity contribution in [3.63, 3.8) is 0 Å². The highest BCUT2D eigenvalue weighted by molar-refractivity contribution is 6.30. The molecule has 142 valence electrons. The van der Waals surface area contributed by atoms with Gasteiger partial charge in [0.05, 0.1) is 7.11 Å². The van der Waals surface area contributed by atoms with Crippen molar-refractivity contribution in [3.8, 4) is 5.75 Å². The van der Waals surface area contributed by atoms with Gasteiger partial charge in [0.1, 0.15) is 12.3 Å². The molecule has 27 heavy (non-hydrogen) atoms. The van der Waals surface area contributed by atoms with Crippen molar-refractivity contribution < 1.29 is 19.4 Å². The molecule has 2 aromatic carbocycles. The summed E-state index contributed by atoms with van der Waals surface area (Å²) < 4.78 is 5.33. The first kappa shape index (κ1) is 19.2. The topological polar surface area (TPSA) is 66.8 Å². The Hall–Kier alpha value is -2.53. The zero-order valence-electron chi connectivity index (χ0n) is 15.4. The monoisotopic (exact) mass is 387 g/mol. The maximum atomic E-state index is 12.8. The minimum Gasteiger partial charge on any atom is -0.497 e. The first-order chi connectivity index (χ1) is 12.9. The second-order valence-electron chi connectivity index (χ2n) is 6.93. The second-order valence-corrected chi connectivity index (χ2v) is 7.37. The van der Waals surface area contributed by atoms with E-state index in [9.17, 15) is 9.59 Å². The number of amides is 1. The minimum atomic E-state index is -1.03. The van der Waals surface area contributed by atoms with E-state index in [1.807, 2.05) is 42.5 Å². The van der Waals surface area contributed by atoms with Gasteiger partial charge in [-0.1, -0.05) is 29.8 Å². The zero-order valence-corrected chi connectivity index (χ0v) is 16.1. The van der Waals surface area contributed by atoms with Crippen LogP contribution in [0, 0.1) is 0 Å². The lowest BCUT2D eigenvalue weighted by atomic mass is 9.72. The van der Waals surface area contributed by atoms with Crippen molar-refractivity contribution in [1.29, 1.82) is 0 Å². The van der Waals surface area contributed by atoms with Crippen molar-refractivity contribution in [2.75, 3.05) is 20.7 Å². The smallest absolute Gasteiger partial charge is 0.323 e. The molecule has 1 unspecified atom stereocenters. The Balaban J connectivity index is 2.03. The fourth-order valence-corrected chi connectivity index (χ4v) is 4.02. The Morgan fingerprint density at radius 2 is 1.93 bits per heavy atom. The number of carbonyl (C=O) groups excluding carboxylic acids is 1. The highest BCUT2D eigenvalue weighted by atomic mass is 35.5. The van der Waals surface area contributed by atoms with Crippen LogP contribution in [-0.4, -0.2) is 42.6 Å². The lowest BCUT2D eigenvalue weighted by molar-refractivity contribution is -0.143. The van der Waals surface area contributed by atoms with E-state index in [0.717, 1.165) is 35.3 Å². The van der Waals surface area contributed by atoms with Gasteiger partial charge in [0, 0.05) is 23.9 Å². The van der Waals surface area contributed by atoms with Crippen LogP contribution >= 0.6 is 11.6 Å². The van der Waals surface area contributed by atoms with Crippen molar-refractivity contribution in [3.05, 3.63) is 64.2 Å². The highest BCUT2D eigenvalue weighted by Gasteiger charge is 2.42. The number of fused-ring (bicyclic) bond motifs is 1. The number of rotatable bonds is 6. The van der Waals surface area contributed by atoms with Crippen LogP contribution in [0.25, 0.3) is 0 Å². The molecule has 0 aromatic heterocycles. The predicted octanol–water partition coefficient (Wildman–Crippen LogP) is 3.51. The molecule has 1 atom stereocenters. The number of benzene rings is 2. The first-order valence-electron chi connectivity index (χ1n) is 8.75. The summed E-state index contributed by atoms with van der Waals surface area (Å²) in [5, 5.41) is 9.63. The van der Waals surface area contributed by atoms with Crippen LogP contribution in [0.5, 0.6) is 5.75 Å². The number of carboxylic acid groups (broad SMARTS) is 1. The quantitative estimate of drug-likeness (QED) is 0.823. The van der Waals surface area contributed by atoms with E-state index in [1.165, 1.54) is 11.9 Å². The molecule has 0 saturated heterocycles. The number of aliphatic carboxylic acids is 1. The average molecular weight is 388 g/mol. The molecule has 1 amide bonds. The van der Waals surface area contributed by atoms with E-state index in [1.54, 1.807) is 7.11 Å². The fraction of sp³-hybridized carbons (Fsp3) is 0.333. The highest BCUT2D eigenvalue weighted by Crippen LogP contribution is 2.48. The molecule has 1 aliphatic rings. The van der Waals surface area contributed by atoms with Crippen molar-refractivity contribution in [2.24, 2.45) is 0 Å². The summed E-state index contributed by atoms with van der Waals surface area (Å²) in [6.45, 7) is -0.314. The van der Waals surface area contributed by atoms with Gasteiger partial charge in [-0.15, -0.1) is 0 Å². The average Bonchev–Trinajstić information content (AvgIpc) is 3.00. The number of halogens is 1. The number of nitrogens with zero attached hydrogens (tertiary/aromatic N) is 1. The summed E-state index contributed by atoms with van der Waals surface area (Å²) in [5.74, 6) is -0.436. The molecule has 0 saturated carbocycles. The van der Waals surface area contributed by atoms with Crippen LogP contribution in [-0.2, 0) is 21.4 Å². The lowest BCUT2D eigenvalue weighted by Crippen LogP contribution is -2.38. The number of hydrogen-bond acceptors (Lipinski definition) is 3. The van der Waals surface area contributed by atoms with Gasteiger partial charge >= 0.3 is 5.97 Å². The third kappa shape index (κ3) is 3.78. The number of carboxylic acids is 1. The maximum absolute atomic E-state index is 12.8. The number of likely N-dealkylation sites (N-methyl/N-ethyl adjacent to an activating group) is 1. The Kier molecular flexibility index (Phi) is 5.42. The number of hydrogen-bond donors (Lipinski definition) is 1. The summed E-state index contributed by atoms with van der Waals surface area (Å²) in [6, 6.07) is 13.5. The molecule has 0 aliphatic heterocycles. The van der Waals surface area contributed by atoms with Crippen LogP contribution in [0.1, 0.15) is 29.5 Å². The summed E-state index contributed by atoms with van der Waals surface area (Å²) in [5.41, 5.74) is 2.74. The maximum Gasteiger partial charge on any atom is 0.323 e. The summed E-state index contributed by atoms with van der Waals surface area (Å²) in [7, 11) is 3.16. The van der Waals surface area contributed by atoms with Gasteiger partial charge in [0.25, 0.3) is 0 Å². The molecule has 1 N–H and O–H groups in total. The van der Waals surface area contributed by atoms with Gasteiger partial charge in [0.2, 0.25) is 5.91 Å². The van der Waals surface area contributed by atoms with Crippen molar-refractivity contribution in [1.82, 2.24) is 4.90 Å². The third-order valence-corrected chi connectivity index (χ3v) is 5.55. The molecule has 1 aliphatic carbocycles. The van der Waals surface area contributed by atoms with Crippen LogP contribution in [0.2, 0.25) is 5.02 Å². The van der Waals surface area contributed by atoms with E-state index >= 15 is 0 Å². The van der Waals surface area contributed by atoms with Crippen LogP contribution in [0.3, 0.4) is 0 Å². The molecule has 0 spiro atoms. The minimum absolute atomic E-state index is 0.198. The second kappa shape index (κ2) is 7.61. The molecule has 0 fully saturated rings. The Morgan fingerprint density at radius 3 is 2.56 bits per heavy atom. The van der Waals surface area contributed by atoms with E-state index < -0.39 is 11.4 Å². The SMILES string of the molecule is COc1ccc2c(c1)CCC2(CC(=O)N(C)CC(=O)O)c1ccc(Cl)cc1. The van der Waals surface area contributed by atoms with Gasteiger partial charge in [-0.05, 0) is 53.8 Å². The first-order valence-corrected chi connectivity index (χ1v) is 9.13. The van der Waals surface area contributed by atoms with Crippen molar-refractivity contribution in [2.45, 2.75) is 24.7 Å². The van der Waals surface area contributed by atoms with Gasteiger partial charge < -0.3 is 14.7 Å². The largest absolute Gasteiger partial charge is 0.497 e. The molecule has 2 aromatic rings. The van der Waals surface area contributed by atoms with E-state index in [0.29, 0.717) is 5.02 Å². The van der Waals surface area contributed by atoms with E-state index in [4.69, 9.17) is 21.4 Å². The van der Waals surface area contributed by atoms with Gasteiger partial charge in [-0.2, -0.15) is 0 Å². The number of methoxy groups -OCH3 is 1. The predicted molar refractivity (Wildman–Crippen MR) is 103 cm³/mol. The summed E-state index contributed by atoms with van der Waals surface area (Å²) >= 11 is 6.06. The van der Waals surface area contributed by atoms with Crippen LogP contribution in [0.4, 0.5) is 0 Å². The molecular weight excluding hydrogens is 366 g/mol. The van der Waals surface area contributed by atoms with Crippen molar-refractivity contribution >= 4 is 23.5 Å². The third-order valence-electron chi connectivity index (χ3n) is 5.30. The standard InChI is InChI=1S/C21H22ClNO4/c1-23(13-20(25)26)19(24)12-21(15-3-5-16(22)6-4-15)10-9-14-11-17(27-2)7-8-18(14)21/h3-8,11H,9-10,12-13H2,1-2H3,(H,25,26). The Labute approximate surface area is 163 Å².